The standard InChI is InChI=1S/C25H21N3O4S/c1-15-5-6-16(2)23-22(15)26-25(33-23)27(14-19-4-3-13-32-19)24(31)17-7-9-18(10-8-17)28-20(29)11-12-21(28)30/h3-10,13H,11-12,14H2,1-2H3. The van der Waals surface area contributed by atoms with Crippen molar-refractivity contribution < 1.29 is 18.8 Å². The number of carbonyl (C=O) groups excluding carboxylic acids is 3. The van der Waals surface area contributed by atoms with E-state index in [4.69, 9.17) is 9.40 Å². The van der Waals surface area contributed by atoms with E-state index in [0.29, 0.717) is 22.1 Å². The number of furan rings is 1. The fraction of sp³-hybridized carbons (Fsp3) is 0.200. The van der Waals surface area contributed by atoms with Gasteiger partial charge >= 0.3 is 0 Å². The Morgan fingerprint density at radius 2 is 1.73 bits per heavy atom. The Labute approximate surface area is 194 Å². The average molecular weight is 460 g/mol. The van der Waals surface area contributed by atoms with Gasteiger partial charge in [0.1, 0.15) is 5.76 Å². The number of imide groups is 1. The molecule has 1 aliphatic heterocycles. The number of hydrogen-bond acceptors (Lipinski definition) is 6. The van der Waals surface area contributed by atoms with E-state index in [9.17, 15) is 14.4 Å². The Morgan fingerprint density at radius 3 is 2.36 bits per heavy atom. The first kappa shape index (κ1) is 21.1. The third-order valence-corrected chi connectivity index (χ3v) is 6.94. The molecule has 33 heavy (non-hydrogen) atoms. The number of fused-ring (bicyclic) bond motifs is 1. The Balaban J connectivity index is 1.51. The Bertz CT molecular complexity index is 1320. The molecule has 2 aromatic heterocycles. The SMILES string of the molecule is Cc1ccc(C)c2sc(N(Cc3ccco3)C(=O)c3ccc(N4C(=O)CCC4=O)cc3)nc12. The number of thiazole rings is 1. The maximum Gasteiger partial charge on any atom is 0.260 e. The molecule has 1 aliphatic rings. The van der Waals surface area contributed by atoms with Crippen LogP contribution in [0.1, 0.15) is 40.1 Å². The molecule has 0 bridgehead atoms. The zero-order valence-electron chi connectivity index (χ0n) is 18.2. The van der Waals surface area contributed by atoms with Crippen molar-refractivity contribution in [1.29, 1.82) is 0 Å². The highest BCUT2D eigenvalue weighted by molar-refractivity contribution is 7.22. The molecule has 8 heteroatoms. The van der Waals surface area contributed by atoms with Crippen LogP contribution in [0.4, 0.5) is 10.8 Å². The molecule has 1 saturated heterocycles. The minimum atomic E-state index is -0.244. The van der Waals surface area contributed by atoms with E-state index in [-0.39, 0.29) is 37.1 Å². The summed E-state index contributed by atoms with van der Waals surface area (Å²) in [5, 5.41) is 0.581. The second-order valence-corrected chi connectivity index (χ2v) is 8.99. The quantitative estimate of drug-likeness (QED) is 0.392. The van der Waals surface area contributed by atoms with E-state index >= 15 is 0 Å². The van der Waals surface area contributed by atoms with Gasteiger partial charge in [-0.2, -0.15) is 0 Å². The molecule has 7 nitrogen and oxygen atoms in total. The fourth-order valence-electron chi connectivity index (χ4n) is 3.92. The first-order chi connectivity index (χ1) is 15.9. The van der Waals surface area contributed by atoms with Gasteiger partial charge in [0, 0.05) is 18.4 Å². The molecule has 1 fully saturated rings. The molecule has 0 aliphatic carbocycles. The smallest absolute Gasteiger partial charge is 0.260 e. The van der Waals surface area contributed by atoms with Crippen LogP contribution in [-0.2, 0) is 16.1 Å². The normalized spacial score (nSPS) is 13.8. The van der Waals surface area contributed by atoms with Gasteiger partial charge in [0.25, 0.3) is 5.91 Å². The van der Waals surface area contributed by atoms with Crippen LogP contribution in [0.2, 0.25) is 0 Å². The van der Waals surface area contributed by atoms with E-state index in [2.05, 4.69) is 6.07 Å². The zero-order valence-corrected chi connectivity index (χ0v) is 19.0. The summed E-state index contributed by atoms with van der Waals surface area (Å²) in [6.45, 7) is 4.26. The molecule has 2 aromatic carbocycles. The zero-order chi connectivity index (χ0) is 23.1. The average Bonchev–Trinajstić information content (AvgIpc) is 3.55. The molecule has 3 amide bonds. The van der Waals surface area contributed by atoms with Crippen molar-refractivity contribution in [1.82, 2.24) is 4.98 Å². The van der Waals surface area contributed by atoms with Crippen LogP contribution in [0, 0.1) is 13.8 Å². The van der Waals surface area contributed by atoms with E-state index in [1.54, 1.807) is 41.5 Å². The monoisotopic (exact) mass is 459 g/mol. The highest BCUT2D eigenvalue weighted by atomic mass is 32.1. The number of nitrogens with zero attached hydrogens (tertiary/aromatic N) is 3. The predicted molar refractivity (Wildman–Crippen MR) is 126 cm³/mol. The minimum absolute atomic E-state index is 0.215. The third-order valence-electron chi connectivity index (χ3n) is 5.72. The van der Waals surface area contributed by atoms with Gasteiger partial charge in [-0.3, -0.25) is 24.2 Å². The number of rotatable bonds is 5. The van der Waals surface area contributed by atoms with Crippen LogP contribution in [0.25, 0.3) is 10.2 Å². The van der Waals surface area contributed by atoms with Crippen molar-refractivity contribution in [3.05, 3.63) is 77.2 Å². The number of hydrogen-bond donors (Lipinski definition) is 0. The molecule has 5 rings (SSSR count). The minimum Gasteiger partial charge on any atom is -0.467 e. The number of amides is 3. The lowest BCUT2D eigenvalue weighted by Gasteiger charge is -2.19. The number of benzene rings is 2. The lowest BCUT2D eigenvalue weighted by molar-refractivity contribution is -0.121. The van der Waals surface area contributed by atoms with Gasteiger partial charge in [-0.25, -0.2) is 4.98 Å². The van der Waals surface area contributed by atoms with Gasteiger partial charge in [0.15, 0.2) is 5.13 Å². The van der Waals surface area contributed by atoms with Crippen LogP contribution in [0.3, 0.4) is 0 Å². The lowest BCUT2D eigenvalue weighted by Crippen LogP contribution is -2.31. The van der Waals surface area contributed by atoms with Gasteiger partial charge in [-0.15, -0.1) is 0 Å². The summed E-state index contributed by atoms with van der Waals surface area (Å²) in [5.41, 5.74) is 3.94. The molecular weight excluding hydrogens is 438 g/mol. The summed E-state index contributed by atoms with van der Waals surface area (Å²) >= 11 is 1.47. The lowest BCUT2D eigenvalue weighted by atomic mass is 10.1. The highest BCUT2D eigenvalue weighted by Crippen LogP contribution is 2.34. The molecule has 0 atom stereocenters. The molecule has 0 radical (unpaired) electrons. The van der Waals surface area contributed by atoms with Crippen molar-refractivity contribution >= 4 is 50.1 Å². The summed E-state index contributed by atoms with van der Waals surface area (Å²) < 4.78 is 6.55. The first-order valence-corrected chi connectivity index (χ1v) is 11.4. The molecule has 4 aromatic rings. The van der Waals surface area contributed by atoms with E-state index in [0.717, 1.165) is 21.3 Å². The largest absolute Gasteiger partial charge is 0.467 e. The molecule has 0 unspecified atom stereocenters. The molecule has 0 spiro atoms. The van der Waals surface area contributed by atoms with Crippen molar-refractivity contribution in [2.45, 2.75) is 33.2 Å². The highest BCUT2D eigenvalue weighted by Gasteiger charge is 2.30. The number of aromatic nitrogens is 1. The fourth-order valence-corrected chi connectivity index (χ4v) is 5.03. The van der Waals surface area contributed by atoms with E-state index < -0.39 is 0 Å². The molecule has 3 heterocycles. The summed E-state index contributed by atoms with van der Waals surface area (Å²) in [6.07, 6.45) is 2.00. The predicted octanol–water partition coefficient (Wildman–Crippen LogP) is 5.01. The number of aryl methyl sites for hydroxylation is 2. The molecular formula is C25H21N3O4S. The van der Waals surface area contributed by atoms with Crippen LogP contribution in [-0.4, -0.2) is 22.7 Å². The van der Waals surface area contributed by atoms with Crippen molar-refractivity contribution in [3.63, 3.8) is 0 Å². The topological polar surface area (TPSA) is 83.7 Å². The summed E-state index contributed by atoms with van der Waals surface area (Å²) in [5.74, 6) is -0.0511. The van der Waals surface area contributed by atoms with E-state index in [1.807, 2.05) is 26.0 Å². The van der Waals surface area contributed by atoms with Crippen LogP contribution >= 0.6 is 11.3 Å². The Hall–Kier alpha value is -3.78. The summed E-state index contributed by atoms with van der Waals surface area (Å²) in [7, 11) is 0. The third kappa shape index (κ3) is 3.82. The first-order valence-electron chi connectivity index (χ1n) is 10.6. The van der Waals surface area contributed by atoms with Gasteiger partial charge in [-0.05, 0) is 61.4 Å². The van der Waals surface area contributed by atoms with Crippen molar-refractivity contribution in [2.75, 3.05) is 9.80 Å². The maximum atomic E-state index is 13.6. The van der Waals surface area contributed by atoms with Crippen molar-refractivity contribution in [3.8, 4) is 0 Å². The van der Waals surface area contributed by atoms with Crippen LogP contribution < -0.4 is 9.80 Å². The number of anilines is 2. The molecule has 0 N–H and O–H groups in total. The maximum absolute atomic E-state index is 13.6. The van der Waals surface area contributed by atoms with Crippen molar-refractivity contribution in [2.24, 2.45) is 0 Å². The Kier molecular flexibility index (Phi) is 5.30. The summed E-state index contributed by atoms with van der Waals surface area (Å²) in [4.78, 5) is 45.2. The van der Waals surface area contributed by atoms with Gasteiger partial charge < -0.3 is 4.42 Å². The van der Waals surface area contributed by atoms with Gasteiger partial charge in [-0.1, -0.05) is 23.5 Å². The Morgan fingerprint density at radius 1 is 1.03 bits per heavy atom. The van der Waals surface area contributed by atoms with Crippen LogP contribution in [0.5, 0.6) is 0 Å². The van der Waals surface area contributed by atoms with Crippen LogP contribution in [0.15, 0.2) is 59.2 Å². The van der Waals surface area contributed by atoms with E-state index in [1.165, 1.54) is 16.2 Å². The second-order valence-electron chi connectivity index (χ2n) is 8.01. The second kappa shape index (κ2) is 8.29. The van der Waals surface area contributed by atoms with Gasteiger partial charge in [0.2, 0.25) is 11.8 Å². The molecule has 166 valence electrons. The van der Waals surface area contributed by atoms with Gasteiger partial charge in [0.05, 0.1) is 28.7 Å². The summed E-state index contributed by atoms with van der Waals surface area (Å²) in [6, 6.07) is 14.2. The number of carbonyl (C=O) groups is 3. The molecule has 0 saturated carbocycles.